The molecule has 1 saturated carbocycles. The Morgan fingerprint density at radius 1 is 1.28 bits per heavy atom. The summed E-state index contributed by atoms with van der Waals surface area (Å²) < 4.78 is 25.6. The van der Waals surface area contributed by atoms with Crippen LogP contribution in [0.2, 0.25) is 0 Å². The monoisotopic (exact) mass is 251 g/mol. The van der Waals surface area contributed by atoms with Gasteiger partial charge in [0.15, 0.2) is 0 Å². The topological polar surface area (TPSA) is 54.7 Å². The number of aromatic nitrogens is 2. The van der Waals surface area contributed by atoms with E-state index >= 15 is 0 Å². The first-order valence-electron chi connectivity index (χ1n) is 6.06. The number of H-pyrrole nitrogens is 1. The molecule has 2 aromatic rings. The predicted octanol–water partition coefficient (Wildman–Crippen LogP) is 2.62. The number of rotatable bonds is 3. The van der Waals surface area contributed by atoms with Crippen LogP contribution in [0.3, 0.4) is 0 Å². The van der Waals surface area contributed by atoms with E-state index < -0.39 is 11.5 Å². The summed E-state index contributed by atoms with van der Waals surface area (Å²) >= 11 is 0. The summed E-state index contributed by atoms with van der Waals surface area (Å²) in [6.07, 6.45) is 0.740. The van der Waals surface area contributed by atoms with Gasteiger partial charge in [0.05, 0.1) is 11.0 Å². The van der Waals surface area contributed by atoms with Gasteiger partial charge in [-0.25, -0.2) is 13.8 Å². The highest BCUT2D eigenvalue weighted by Gasteiger charge is 2.53. The van der Waals surface area contributed by atoms with Crippen LogP contribution in [0.15, 0.2) is 24.3 Å². The van der Waals surface area contributed by atoms with Gasteiger partial charge in [0.2, 0.25) is 0 Å². The predicted molar refractivity (Wildman–Crippen MR) is 65.5 cm³/mol. The number of alkyl halides is 2. The Morgan fingerprint density at radius 2 is 2.00 bits per heavy atom. The van der Waals surface area contributed by atoms with E-state index in [4.69, 9.17) is 5.73 Å². The van der Waals surface area contributed by atoms with Gasteiger partial charge >= 0.3 is 0 Å². The molecule has 0 spiro atoms. The van der Waals surface area contributed by atoms with Crippen molar-refractivity contribution in [3.63, 3.8) is 0 Å². The molecule has 3 rings (SSSR count). The first-order valence-corrected chi connectivity index (χ1v) is 6.06. The van der Waals surface area contributed by atoms with Crippen molar-refractivity contribution in [2.75, 3.05) is 0 Å². The van der Waals surface area contributed by atoms with Crippen molar-refractivity contribution < 1.29 is 8.78 Å². The molecular weight excluding hydrogens is 236 g/mol. The van der Waals surface area contributed by atoms with Crippen LogP contribution in [-0.2, 0) is 6.42 Å². The minimum atomic E-state index is -2.57. The number of nitrogens with two attached hydrogens (primary N) is 1. The quantitative estimate of drug-likeness (QED) is 0.881. The van der Waals surface area contributed by atoms with Gasteiger partial charge in [-0.05, 0) is 18.6 Å². The lowest BCUT2D eigenvalue weighted by Gasteiger charge is -2.44. The van der Waals surface area contributed by atoms with Gasteiger partial charge in [0.25, 0.3) is 5.92 Å². The highest BCUT2D eigenvalue weighted by molar-refractivity contribution is 5.74. The van der Waals surface area contributed by atoms with E-state index in [1.54, 1.807) is 0 Å². The highest BCUT2D eigenvalue weighted by atomic mass is 19.3. The van der Waals surface area contributed by atoms with E-state index in [0.29, 0.717) is 12.8 Å². The lowest BCUT2D eigenvalue weighted by molar-refractivity contribution is -0.124. The van der Waals surface area contributed by atoms with Crippen LogP contribution in [0.5, 0.6) is 0 Å². The standard InChI is InChI=1S/C13H15F2N3/c14-13(15)7-12(16,8-13)6-5-11-17-9-3-1-2-4-10(9)18-11/h1-4H,5-8,16H2,(H,17,18). The molecule has 0 atom stereocenters. The van der Waals surface area contributed by atoms with Crippen LogP contribution < -0.4 is 5.73 Å². The number of benzene rings is 1. The van der Waals surface area contributed by atoms with Gasteiger partial charge in [0.1, 0.15) is 5.82 Å². The zero-order valence-electron chi connectivity index (χ0n) is 9.92. The number of hydrogen-bond acceptors (Lipinski definition) is 2. The van der Waals surface area contributed by atoms with E-state index in [2.05, 4.69) is 9.97 Å². The summed E-state index contributed by atoms with van der Waals surface area (Å²) in [6, 6.07) is 7.72. The minimum Gasteiger partial charge on any atom is -0.342 e. The molecule has 1 aliphatic rings. The van der Waals surface area contributed by atoms with E-state index in [1.165, 1.54) is 0 Å². The number of hydrogen-bond donors (Lipinski definition) is 2. The molecule has 0 saturated heterocycles. The number of para-hydroxylation sites is 2. The van der Waals surface area contributed by atoms with Crippen molar-refractivity contribution in [3.8, 4) is 0 Å². The number of nitrogens with zero attached hydrogens (tertiary/aromatic N) is 1. The molecule has 0 bridgehead atoms. The van der Waals surface area contributed by atoms with Crippen molar-refractivity contribution in [2.45, 2.75) is 37.1 Å². The molecule has 1 heterocycles. The van der Waals surface area contributed by atoms with Crippen molar-refractivity contribution in [3.05, 3.63) is 30.1 Å². The lowest BCUT2D eigenvalue weighted by Crippen LogP contribution is -2.58. The Bertz CT molecular complexity index is 535. The van der Waals surface area contributed by atoms with Crippen LogP contribution in [0.25, 0.3) is 11.0 Å². The SMILES string of the molecule is NC1(CCc2nc3ccccc3[nH]2)CC(F)(F)C1. The number of nitrogens with one attached hydrogen (secondary N) is 1. The van der Waals surface area contributed by atoms with Crippen molar-refractivity contribution >= 4 is 11.0 Å². The van der Waals surface area contributed by atoms with Gasteiger partial charge in [-0.2, -0.15) is 0 Å². The minimum absolute atomic E-state index is 0.208. The average molecular weight is 251 g/mol. The first kappa shape index (κ1) is 11.6. The highest BCUT2D eigenvalue weighted by Crippen LogP contribution is 2.46. The molecular formula is C13H15F2N3. The number of fused-ring (bicyclic) bond motifs is 1. The third-order valence-electron chi connectivity index (χ3n) is 3.52. The molecule has 0 unspecified atom stereocenters. The molecule has 3 nitrogen and oxygen atoms in total. The molecule has 1 aliphatic carbocycles. The maximum Gasteiger partial charge on any atom is 0.251 e. The molecule has 0 radical (unpaired) electrons. The largest absolute Gasteiger partial charge is 0.342 e. The average Bonchev–Trinajstić information content (AvgIpc) is 2.66. The fraction of sp³-hybridized carbons (Fsp3) is 0.462. The van der Waals surface area contributed by atoms with Crippen molar-refractivity contribution in [1.82, 2.24) is 9.97 Å². The van der Waals surface area contributed by atoms with E-state index in [-0.39, 0.29) is 12.8 Å². The molecule has 1 fully saturated rings. The van der Waals surface area contributed by atoms with Crippen LogP contribution >= 0.6 is 0 Å². The van der Waals surface area contributed by atoms with E-state index in [9.17, 15) is 8.78 Å². The van der Waals surface area contributed by atoms with Gasteiger partial charge in [-0.1, -0.05) is 12.1 Å². The summed E-state index contributed by atoms with van der Waals surface area (Å²) in [6.45, 7) is 0. The van der Waals surface area contributed by atoms with Gasteiger partial charge in [-0.15, -0.1) is 0 Å². The molecule has 1 aromatic heterocycles. The fourth-order valence-electron chi connectivity index (χ4n) is 2.65. The maximum absolute atomic E-state index is 12.8. The third kappa shape index (κ3) is 2.10. The molecule has 18 heavy (non-hydrogen) atoms. The Kier molecular flexibility index (Phi) is 2.41. The Hall–Kier alpha value is -1.49. The van der Waals surface area contributed by atoms with Gasteiger partial charge < -0.3 is 10.7 Å². The summed E-state index contributed by atoms with van der Waals surface area (Å²) in [5.41, 5.74) is 7.05. The molecule has 1 aromatic carbocycles. The molecule has 5 heteroatoms. The van der Waals surface area contributed by atoms with Crippen LogP contribution in [-0.4, -0.2) is 21.4 Å². The third-order valence-corrected chi connectivity index (χ3v) is 3.52. The van der Waals surface area contributed by atoms with Gasteiger partial charge in [0, 0.05) is 24.8 Å². The molecule has 3 N–H and O–H groups in total. The Labute approximate surface area is 103 Å². The number of halogens is 2. The summed E-state index contributed by atoms with van der Waals surface area (Å²) in [5.74, 6) is -1.75. The first-order chi connectivity index (χ1) is 8.46. The smallest absolute Gasteiger partial charge is 0.251 e. The molecule has 0 aliphatic heterocycles. The second kappa shape index (κ2) is 3.75. The lowest BCUT2D eigenvalue weighted by atomic mass is 9.71. The molecule has 0 amide bonds. The normalized spacial score (nSPS) is 20.8. The van der Waals surface area contributed by atoms with Crippen LogP contribution in [0.4, 0.5) is 8.78 Å². The molecule has 96 valence electrons. The van der Waals surface area contributed by atoms with Crippen LogP contribution in [0, 0.1) is 0 Å². The number of aryl methyl sites for hydroxylation is 1. The Morgan fingerprint density at radius 3 is 2.67 bits per heavy atom. The van der Waals surface area contributed by atoms with E-state index in [1.807, 2.05) is 24.3 Å². The Balaban J connectivity index is 1.67. The van der Waals surface area contributed by atoms with Crippen LogP contribution in [0.1, 0.15) is 25.1 Å². The zero-order valence-corrected chi connectivity index (χ0v) is 9.92. The number of aromatic amines is 1. The van der Waals surface area contributed by atoms with Crippen molar-refractivity contribution in [2.24, 2.45) is 5.73 Å². The second-order valence-corrected chi connectivity index (χ2v) is 5.27. The van der Waals surface area contributed by atoms with Gasteiger partial charge in [-0.3, -0.25) is 0 Å². The second-order valence-electron chi connectivity index (χ2n) is 5.27. The maximum atomic E-state index is 12.8. The summed E-state index contributed by atoms with van der Waals surface area (Å²) in [5, 5.41) is 0. The summed E-state index contributed by atoms with van der Waals surface area (Å²) in [7, 11) is 0. The fourth-order valence-corrected chi connectivity index (χ4v) is 2.65. The van der Waals surface area contributed by atoms with E-state index in [0.717, 1.165) is 16.9 Å². The zero-order chi connectivity index (χ0) is 12.8. The summed E-state index contributed by atoms with van der Waals surface area (Å²) in [4.78, 5) is 7.59. The number of imidazole rings is 1. The van der Waals surface area contributed by atoms with Crippen molar-refractivity contribution in [1.29, 1.82) is 0 Å².